The van der Waals surface area contributed by atoms with Crippen LogP contribution in [0.2, 0.25) is 0 Å². The molecule has 0 bridgehead atoms. The molecule has 0 aromatic carbocycles. The van der Waals surface area contributed by atoms with Crippen molar-refractivity contribution in [2.75, 3.05) is 13.1 Å². The highest BCUT2D eigenvalue weighted by molar-refractivity contribution is 5.93. The lowest BCUT2D eigenvalue weighted by atomic mass is 9.93. The molecule has 2 aromatic rings. The molecular formula is C23H31N5O2. The maximum absolute atomic E-state index is 13.0. The smallest absolute Gasteiger partial charge is 0.271 e. The summed E-state index contributed by atoms with van der Waals surface area (Å²) < 4.78 is 0. The maximum atomic E-state index is 13.0. The second kappa shape index (κ2) is 9.87. The molecule has 0 unspecified atom stereocenters. The zero-order valence-electron chi connectivity index (χ0n) is 17.5. The van der Waals surface area contributed by atoms with Gasteiger partial charge in [0, 0.05) is 25.3 Å². The average molecular weight is 410 g/mol. The van der Waals surface area contributed by atoms with Crippen LogP contribution >= 0.6 is 0 Å². The molecule has 1 aliphatic carbocycles. The van der Waals surface area contributed by atoms with E-state index in [9.17, 15) is 9.59 Å². The lowest BCUT2D eigenvalue weighted by Crippen LogP contribution is -2.47. The maximum Gasteiger partial charge on any atom is 0.271 e. The van der Waals surface area contributed by atoms with Gasteiger partial charge >= 0.3 is 0 Å². The van der Waals surface area contributed by atoms with Crippen LogP contribution in [-0.2, 0) is 4.79 Å². The summed E-state index contributed by atoms with van der Waals surface area (Å²) in [6, 6.07) is 7.63. The zero-order valence-corrected chi connectivity index (χ0v) is 17.5. The first-order valence-electron chi connectivity index (χ1n) is 11.3. The number of piperidine rings is 1. The third kappa shape index (κ3) is 5.07. The Hall–Kier alpha value is -2.70. The number of hydrogen-bond acceptors (Lipinski definition) is 4. The highest BCUT2D eigenvalue weighted by Crippen LogP contribution is 2.22. The van der Waals surface area contributed by atoms with Crippen LogP contribution in [0, 0.1) is 5.92 Å². The van der Waals surface area contributed by atoms with E-state index in [1.54, 1.807) is 17.2 Å². The predicted octanol–water partition coefficient (Wildman–Crippen LogP) is 3.55. The molecule has 2 fully saturated rings. The summed E-state index contributed by atoms with van der Waals surface area (Å²) in [7, 11) is 0. The molecule has 2 amide bonds. The number of amides is 2. The molecule has 3 heterocycles. The zero-order chi connectivity index (χ0) is 20.8. The van der Waals surface area contributed by atoms with Crippen LogP contribution in [0.15, 0.2) is 30.5 Å². The van der Waals surface area contributed by atoms with Gasteiger partial charge in [-0.2, -0.15) is 5.10 Å². The quantitative estimate of drug-likeness (QED) is 0.808. The molecular weight excluding hydrogens is 378 g/mol. The van der Waals surface area contributed by atoms with Gasteiger partial charge < -0.3 is 10.2 Å². The highest BCUT2D eigenvalue weighted by atomic mass is 16.2. The lowest BCUT2D eigenvalue weighted by Gasteiger charge is -2.33. The first kappa shape index (κ1) is 20.6. The average Bonchev–Trinajstić information content (AvgIpc) is 3.26. The summed E-state index contributed by atoms with van der Waals surface area (Å²) in [4.78, 5) is 31.9. The second-order valence-electron chi connectivity index (χ2n) is 8.52. The van der Waals surface area contributed by atoms with Gasteiger partial charge in [-0.1, -0.05) is 38.2 Å². The van der Waals surface area contributed by atoms with E-state index in [1.807, 2.05) is 18.2 Å². The van der Waals surface area contributed by atoms with E-state index in [4.69, 9.17) is 0 Å². The summed E-state index contributed by atoms with van der Waals surface area (Å²) >= 11 is 0. The number of aromatic nitrogens is 3. The minimum atomic E-state index is -0.133. The Bertz CT molecular complexity index is 842. The van der Waals surface area contributed by atoms with Crippen LogP contribution in [0.4, 0.5) is 0 Å². The number of rotatable bonds is 4. The van der Waals surface area contributed by atoms with Gasteiger partial charge in [-0.05, 0) is 43.9 Å². The number of likely N-dealkylation sites (tertiary alicyclic amines) is 1. The minimum absolute atomic E-state index is 0.104. The first-order chi connectivity index (χ1) is 14.7. The molecule has 7 nitrogen and oxygen atoms in total. The number of aromatic amines is 1. The molecule has 160 valence electrons. The fourth-order valence-corrected chi connectivity index (χ4v) is 4.54. The Labute approximate surface area is 177 Å². The van der Waals surface area contributed by atoms with Gasteiger partial charge in [0.05, 0.1) is 11.6 Å². The number of H-pyrrole nitrogens is 1. The Morgan fingerprint density at radius 3 is 2.57 bits per heavy atom. The van der Waals surface area contributed by atoms with Crippen LogP contribution in [0.3, 0.4) is 0 Å². The molecule has 1 aliphatic heterocycles. The standard InChI is InChI=1S/C23H31N5O2/c29-22(25-18-10-4-2-1-3-5-11-18)17-9-8-14-28(16-17)23(30)21-15-20(26-27-21)19-12-6-7-13-24-19/h6-7,12-13,15,17-18H,1-5,8-11,14,16H2,(H,25,29)(H,26,27)/t17-/m0/s1. The van der Waals surface area contributed by atoms with Crippen molar-refractivity contribution in [2.24, 2.45) is 5.92 Å². The Morgan fingerprint density at radius 1 is 1.00 bits per heavy atom. The van der Waals surface area contributed by atoms with Crippen molar-refractivity contribution in [1.29, 1.82) is 0 Å². The normalized spacial score (nSPS) is 20.9. The molecule has 0 spiro atoms. The highest BCUT2D eigenvalue weighted by Gasteiger charge is 2.30. The number of carbonyl (C=O) groups is 2. The molecule has 30 heavy (non-hydrogen) atoms. The van der Waals surface area contributed by atoms with Crippen molar-refractivity contribution in [3.63, 3.8) is 0 Å². The number of nitrogens with one attached hydrogen (secondary N) is 2. The van der Waals surface area contributed by atoms with Crippen LogP contribution in [-0.4, -0.2) is 51.0 Å². The van der Waals surface area contributed by atoms with Gasteiger partial charge in [-0.15, -0.1) is 0 Å². The minimum Gasteiger partial charge on any atom is -0.353 e. The van der Waals surface area contributed by atoms with Gasteiger partial charge in [0.15, 0.2) is 0 Å². The Balaban J connectivity index is 1.35. The van der Waals surface area contributed by atoms with Gasteiger partial charge in [0.25, 0.3) is 5.91 Å². The predicted molar refractivity (Wildman–Crippen MR) is 115 cm³/mol. The molecule has 0 radical (unpaired) electrons. The Morgan fingerprint density at radius 2 is 1.80 bits per heavy atom. The van der Waals surface area contributed by atoms with Crippen molar-refractivity contribution in [3.05, 3.63) is 36.2 Å². The largest absolute Gasteiger partial charge is 0.353 e. The van der Waals surface area contributed by atoms with Crippen molar-refractivity contribution in [1.82, 2.24) is 25.4 Å². The molecule has 4 rings (SSSR count). The molecule has 2 aromatic heterocycles. The molecule has 1 atom stereocenters. The third-order valence-corrected chi connectivity index (χ3v) is 6.27. The monoisotopic (exact) mass is 409 g/mol. The third-order valence-electron chi connectivity index (χ3n) is 6.27. The molecule has 2 N–H and O–H groups in total. The number of hydrogen-bond donors (Lipinski definition) is 2. The number of carbonyl (C=O) groups excluding carboxylic acids is 2. The van der Waals surface area contributed by atoms with Gasteiger partial charge in [0.1, 0.15) is 11.4 Å². The van der Waals surface area contributed by atoms with Crippen molar-refractivity contribution >= 4 is 11.8 Å². The summed E-state index contributed by atoms with van der Waals surface area (Å²) in [5, 5.41) is 10.4. The van der Waals surface area contributed by atoms with Gasteiger partial charge in [-0.25, -0.2) is 0 Å². The van der Waals surface area contributed by atoms with E-state index >= 15 is 0 Å². The fourth-order valence-electron chi connectivity index (χ4n) is 4.54. The molecule has 1 saturated carbocycles. The van der Waals surface area contributed by atoms with E-state index < -0.39 is 0 Å². The van der Waals surface area contributed by atoms with E-state index in [-0.39, 0.29) is 23.8 Å². The van der Waals surface area contributed by atoms with E-state index in [0.29, 0.717) is 24.5 Å². The van der Waals surface area contributed by atoms with E-state index in [0.717, 1.165) is 31.4 Å². The van der Waals surface area contributed by atoms with Crippen LogP contribution in [0.1, 0.15) is 68.3 Å². The lowest BCUT2D eigenvalue weighted by molar-refractivity contribution is -0.127. The van der Waals surface area contributed by atoms with Crippen molar-refractivity contribution in [2.45, 2.75) is 63.8 Å². The first-order valence-corrected chi connectivity index (χ1v) is 11.3. The molecule has 1 saturated heterocycles. The summed E-state index contributed by atoms with van der Waals surface area (Å²) in [5.74, 6) is -0.128. The number of pyridine rings is 1. The molecule has 2 aliphatic rings. The summed E-state index contributed by atoms with van der Waals surface area (Å²) in [6.45, 7) is 1.14. The van der Waals surface area contributed by atoms with Crippen LogP contribution < -0.4 is 5.32 Å². The van der Waals surface area contributed by atoms with E-state index in [1.165, 1.54) is 32.1 Å². The van der Waals surface area contributed by atoms with E-state index in [2.05, 4.69) is 20.5 Å². The SMILES string of the molecule is O=C(NC1CCCCCCC1)[C@H]1CCCN(C(=O)c2cc(-c3ccccn3)n[nH]2)C1. The van der Waals surface area contributed by atoms with Crippen molar-refractivity contribution in [3.8, 4) is 11.4 Å². The summed E-state index contributed by atoms with van der Waals surface area (Å²) in [6.07, 6.45) is 11.8. The van der Waals surface area contributed by atoms with Gasteiger partial charge in [0.2, 0.25) is 5.91 Å². The summed E-state index contributed by atoms with van der Waals surface area (Å²) in [5.41, 5.74) is 1.81. The Kier molecular flexibility index (Phi) is 6.77. The van der Waals surface area contributed by atoms with Crippen LogP contribution in [0.25, 0.3) is 11.4 Å². The fraction of sp³-hybridized carbons (Fsp3) is 0.565. The van der Waals surface area contributed by atoms with Crippen molar-refractivity contribution < 1.29 is 9.59 Å². The number of nitrogens with zero attached hydrogens (tertiary/aromatic N) is 3. The second-order valence-corrected chi connectivity index (χ2v) is 8.52. The molecule has 7 heteroatoms. The topological polar surface area (TPSA) is 91.0 Å². The van der Waals surface area contributed by atoms with Gasteiger partial charge in [-0.3, -0.25) is 19.7 Å². The van der Waals surface area contributed by atoms with Crippen LogP contribution in [0.5, 0.6) is 0 Å².